The zero-order chi connectivity index (χ0) is 22.4. The lowest BCUT2D eigenvalue weighted by atomic mass is 10.1. The Hall–Kier alpha value is -3.30. The van der Waals surface area contributed by atoms with Crippen molar-refractivity contribution < 1.29 is 9.13 Å². The highest BCUT2D eigenvalue weighted by molar-refractivity contribution is 6.30. The Labute approximate surface area is 184 Å². The fourth-order valence-electron chi connectivity index (χ4n) is 2.74. The van der Waals surface area contributed by atoms with Crippen LogP contribution in [-0.2, 0) is 0 Å². The van der Waals surface area contributed by atoms with E-state index in [0.717, 1.165) is 0 Å². The van der Waals surface area contributed by atoms with Crippen molar-refractivity contribution >= 4 is 35.0 Å². The molecule has 8 nitrogen and oxygen atoms in total. The van der Waals surface area contributed by atoms with E-state index in [2.05, 4.69) is 25.5 Å². The van der Waals surface area contributed by atoms with Crippen LogP contribution in [0.4, 0.5) is 21.6 Å². The van der Waals surface area contributed by atoms with Gasteiger partial charge in [-0.05, 0) is 44.4 Å². The lowest BCUT2D eigenvalue weighted by molar-refractivity contribution is 0.253. The number of aliphatic imine (C=N–C) groups is 1. The van der Waals surface area contributed by atoms with E-state index in [-0.39, 0.29) is 11.4 Å². The molecule has 3 aromatic rings. The van der Waals surface area contributed by atoms with Crippen LogP contribution in [0.1, 0.15) is 5.56 Å². The van der Waals surface area contributed by atoms with Gasteiger partial charge in [-0.25, -0.2) is 9.37 Å². The van der Waals surface area contributed by atoms with Crippen LogP contribution in [0, 0.1) is 5.82 Å². The number of nitrogens with one attached hydrogen (secondary N) is 1. The fraction of sp³-hybridized carbons (Fsp3) is 0.238. The molecular formula is C21H23ClFN7O. The molecule has 0 bridgehead atoms. The standard InChI is InChI=1S/C21H23ClFN7O/c1-25-12-15-17(6-7-26-20(15)24)27-19-11-18(14-10-13(22)4-5-16(14)23)28-29-21(19)31-9-8-30(2)3/h4-7,10-12H,8-9H2,1-3H3,(H3,24,26,27,28). The summed E-state index contributed by atoms with van der Waals surface area (Å²) in [5, 5.41) is 11.9. The maximum Gasteiger partial charge on any atom is 0.257 e. The summed E-state index contributed by atoms with van der Waals surface area (Å²) in [6.45, 7) is 1.07. The van der Waals surface area contributed by atoms with Gasteiger partial charge in [-0.3, -0.25) is 4.99 Å². The Morgan fingerprint density at radius 1 is 1.23 bits per heavy atom. The van der Waals surface area contributed by atoms with E-state index in [1.54, 1.807) is 31.6 Å². The number of pyridine rings is 1. The highest BCUT2D eigenvalue weighted by Crippen LogP contribution is 2.32. The molecule has 0 fully saturated rings. The van der Waals surface area contributed by atoms with E-state index in [1.165, 1.54) is 18.2 Å². The van der Waals surface area contributed by atoms with Gasteiger partial charge in [0.25, 0.3) is 5.88 Å². The van der Waals surface area contributed by atoms with E-state index < -0.39 is 5.82 Å². The molecule has 0 spiro atoms. The summed E-state index contributed by atoms with van der Waals surface area (Å²) in [7, 11) is 5.52. The number of nitrogens with zero attached hydrogens (tertiary/aromatic N) is 5. The molecule has 0 aliphatic carbocycles. The second kappa shape index (κ2) is 10.1. The first kappa shape index (κ1) is 22.4. The molecule has 0 saturated carbocycles. The SMILES string of the molecule is CN=Cc1c(Nc2cc(-c3cc(Cl)ccc3F)nnc2OCCN(C)C)ccnc1N. The number of nitrogens with two attached hydrogens (primary N) is 1. The molecule has 162 valence electrons. The van der Waals surface area contributed by atoms with Gasteiger partial charge < -0.3 is 20.7 Å². The monoisotopic (exact) mass is 443 g/mol. The number of likely N-dealkylation sites (N-methyl/N-ethyl adjacent to an activating group) is 1. The minimum Gasteiger partial charge on any atom is -0.474 e. The Bertz CT molecular complexity index is 1090. The minimum absolute atomic E-state index is 0.229. The van der Waals surface area contributed by atoms with Crippen LogP contribution >= 0.6 is 11.6 Å². The Morgan fingerprint density at radius 3 is 2.77 bits per heavy atom. The molecule has 0 saturated heterocycles. The Kier molecular flexibility index (Phi) is 7.32. The zero-order valence-corrected chi connectivity index (χ0v) is 18.2. The number of nitrogen functional groups attached to an aromatic ring is 1. The topological polar surface area (TPSA) is 102 Å². The first-order valence-electron chi connectivity index (χ1n) is 9.43. The molecule has 1 aromatic carbocycles. The molecular weight excluding hydrogens is 421 g/mol. The van der Waals surface area contributed by atoms with E-state index in [1.807, 2.05) is 19.0 Å². The summed E-state index contributed by atoms with van der Waals surface area (Å²) in [5.41, 5.74) is 8.26. The highest BCUT2D eigenvalue weighted by Gasteiger charge is 2.16. The van der Waals surface area contributed by atoms with Crippen LogP contribution < -0.4 is 15.8 Å². The van der Waals surface area contributed by atoms with Crippen LogP contribution in [0.5, 0.6) is 5.88 Å². The number of halogens is 2. The number of rotatable bonds is 8. The average molecular weight is 444 g/mol. The molecule has 0 unspecified atom stereocenters. The van der Waals surface area contributed by atoms with Gasteiger partial charge in [-0.2, -0.15) is 0 Å². The predicted molar refractivity (Wildman–Crippen MR) is 122 cm³/mol. The van der Waals surface area contributed by atoms with Crippen LogP contribution in [0.15, 0.2) is 41.5 Å². The maximum atomic E-state index is 14.4. The van der Waals surface area contributed by atoms with Crippen molar-refractivity contribution in [2.24, 2.45) is 4.99 Å². The quantitative estimate of drug-likeness (QED) is 0.512. The second-order valence-corrected chi connectivity index (χ2v) is 7.33. The summed E-state index contributed by atoms with van der Waals surface area (Å²) >= 11 is 6.04. The zero-order valence-electron chi connectivity index (χ0n) is 17.4. The summed E-state index contributed by atoms with van der Waals surface area (Å²) in [5.74, 6) is 0.120. The number of hydrogen-bond acceptors (Lipinski definition) is 8. The molecule has 2 heterocycles. The third-order valence-electron chi connectivity index (χ3n) is 4.29. The van der Waals surface area contributed by atoms with Crippen LogP contribution in [-0.4, -0.2) is 60.6 Å². The van der Waals surface area contributed by atoms with E-state index in [4.69, 9.17) is 22.1 Å². The third kappa shape index (κ3) is 5.65. The number of hydrogen-bond donors (Lipinski definition) is 2. The van der Waals surface area contributed by atoms with Gasteiger partial charge in [0.15, 0.2) is 0 Å². The van der Waals surface area contributed by atoms with Crippen molar-refractivity contribution in [2.45, 2.75) is 0 Å². The van der Waals surface area contributed by atoms with E-state index >= 15 is 0 Å². The van der Waals surface area contributed by atoms with Crippen LogP contribution in [0.25, 0.3) is 11.3 Å². The van der Waals surface area contributed by atoms with E-state index in [0.29, 0.717) is 46.6 Å². The van der Waals surface area contributed by atoms with Gasteiger partial charge >= 0.3 is 0 Å². The van der Waals surface area contributed by atoms with Gasteiger partial charge in [-0.15, -0.1) is 10.2 Å². The summed E-state index contributed by atoms with van der Waals surface area (Å²) in [4.78, 5) is 10.1. The molecule has 31 heavy (non-hydrogen) atoms. The average Bonchev–Trinajstić information content (AvgIpc) is 2.73. The highest BCUT2D eigenvalue weighted by atomic mass is 35.5. The number of benzene rings is 1. The van der Waals surface area contributed by atoms with Crippen molar-refractivity contribution in [1.82, 2.24) is 20.1 Å². The Morgan fingerprint density at radius 2 is 2.03 bits per heavy atom. The number of aromatic nitrogens is 3. The number of anilines is 3. The molecule has 10 heteroatoms. The van der Waals surface area contributed by atoms with Gasteiger partial charge in [0.1, 0.15) is 23.9 Å². The minimum atomic E-state index is -0.460. The van der Waals surface area contributed by atoms with Crippen molar-refractivity contribution in [2.75, 3.05) is 45.3 Å². The van der Waals surface area contributed by atoms with Crippen LogP contribution in [0.2, 0.25) is 5.02 Å². The molecule has 0 amide bonds. The first-order chi connectivity index (χ1) is 14.9. The van der Waals surface area contributed by atoms with Gasteiger partial charge in [-0.1, -0.05) is 11.6 Å². The lowest BCUT2D eigenvalue weighted by Crippen LogP contribution is -2.20. The van der Waals surface area contributed by atoms with Gasteiger partial charge in [0.05, 0.1) is 16.9 Å². The molecule has 3 N–H and O–H groups in total. The van der Waals surface area contributed by atoms with E-state index in [9.17, 15) is 4.39 Å². The van der Waals surface area contributed by atoms with Crippen LogP contribution in [0.3, 0.4) is 0 Å². The Balaban J connectivity index is 2.04. The molecule has 3 rings (SSSR count). The lowest BCUT2D eigenvalue weighted by Gasteiger charge is -2.16. The molecule has 0 aliphatic rings. The first-order valence-corrected chi connectivity index (χ1v) is 9.81. The normalized spacial score (nSPS) is 11.3. The molecule has 0 radical (unpaired) electrons. The molecule has 0 atom stereocenters. The van der Waals surface area contributed by atoms with Crippen molar-refractivity contribution in [3.05, 3.63) is 52.9 Å². The van der Waals surface area contributed by atoms with Gasteiger partial charge in [0.2, 0.25) is 0 Å². The van der Waals surface area contributed by atoms with Crippen molar-refractivity contribution in [1.29, 1.82) is 0 Å². The summed E-state index contributed by atoms with van der Waals surface area (Å²) < 4.78 is 20.2. The predicted octanol–water partition coefficient (Wildman–Crippen LogP) is 3.65. The van der Waals surface area contributed by atoms with Gasteiger partial charge in [0, 0.05) is 36.6 Å². The second-order valence-electron chi connectivity index (χ2n) is 6.89. The maximum absolute atomic E-state index is 14.4. The molecule has 2 aromatic heterocycles. The molecule has 0 aliphatic heterocycles. The smallest absolute Gasteiger partial charge is 0.257 e. The number of ether oxygens (including phenoxy) is 1. The van der Waals surface area contributed by atoms with Crippen molar-refractivity contribution in [3.8, 4) is 17.1 Å². The van der Waals surface area contributed by atoms with Crippen molar-refractivity contribution in [3.63, 3.8) is 0 Å². The third-order valence-corrected chi connectivity index (χ3v) is 4.53. The summed E-state index contributed by atoms with van der Waals surface area (Å²) in [6, 6.07) is 7.65. The largest absolute Gasteiger partial charge is 0.474 e. The fourth-order valence-corrected chi connectivity index (χ4v) is 2.91. The summed E-state index contributed by atoms with van der Waals surface area (Å²) in [6.07, 6.45) is 3.17.